The van der Waals surface area contributed by atoms with Gasteiger partial charge in [0.1, 0.15) is 0 Å². The van der Waals surface area contributed by atoms with E-state index in [9.17, 15) is 4.79 Å². The van der Waals surface area contributed by atoms with Crippen molar-refractivity contribution in [3.8, 4) is 0 Å². The van der Waals surface area contributed by atoms with E-state index in [1.807, 2.05) is 6.92 Å². The average molecular weight is 267 g/mol. The zero-order chi connectivity index (χ0) is 14.3. The van der Waals surface area contributed by atoms with Crippen LogP contribution in [0.3, 0.4) is 0 Å². The van der Waals surface area contributed by atoms with Crippen molar-refractivity contribution in [2.75, 3.05) is 46.3 Å². The van der Waals surface area contributed by atoms with Crippen molar-refractivity contribution in [3.63, 3.8) is 0 Å². The second kappa shape index (κ2) is 7.70. The number of aryl methyl sites for hydroxylation is 1. The summed E-state index contributed by atoms with van der Waals surface area (Å²) in [6.45, 7) is 3.75. The Hall–Kier alpha value is -1.66. The van der Waals surface area contributed by atoms with Crippen LogP contribution >= 0.6 is 0 Å². The van der Waals surface area contributed by atoms with Gasteiger partial charge < -0.3 is 20.1 Å². The lowest BCUT2D eigenvalue weighted by Gasteiger charge is -2.22. The van der Waals surface area contributed by atoms with Gasteiger partial charge in [-0.1, -0.05) is 0 Å². The number of nitrogens with two attached hydrogens (primary N) is 1. The fourth-order valence-corrected chi connectivity index (χ4v) is 1.65. The predicted octanol–water partition coefficient (Wildman–Crippen LogP) is 0.707. The molecule has 2 N–H and O–H groups in total. The molecule has 1 amide bonds. The summed E-state index contributed by atoms with van der Waals surface area (Å²) in [6, 6.07) is 1.69. The van der Waals surface area contributed by atoms with E-state index in [2.05, 4.69) is 4.98 Å². The van der Waals surface area contributed by atoms with Gasteiger partial charge in [0, 0.05) is 44.9 Å². The minimum atomic E-state index is -0.154. The van der Waals surface area contributed by atoms with E-state index < -0.39 is 0 Å². The molecule has 6 nitrogen and oxygen atoms in total. The lowest BCUT2D eigenvalue weighted by molar-refractivity contribution is 0.0628. The van der Waals surface area contributed by atoms with Crippen LogP contribution in [0, 0.1) is 6.92 Å². The molecule has 0 spiro atoms. The largest absolute Gasteiger partial charge is 0.398 e. The number of carbonyl (C=O) groups excluding carboxylic acids is 1. The number of pyridine rings is 1. The summed E-state index contributed by atoms with van der Waals surface area (Å²) in [5.74, 6) is -0.154. The third kappa shape index (κ3) is 4.50. The number of rotatable bonds is 7. The summed E-state index contributed by atoms with van der Waals surface area (Å²) >= 11 is 0. The van der Waals surface area contributed by atoms with Gasteiger partial charge in [-0.2, -0.15) is 0 Å². The van der Waals surface area contributed by atoms with Crippen LogP contribution < -0.4 is 5.73 Å². The van der Waals surface area contributed by atoms with Crippen LogP contribution in [-0.2, 0) is 9.47 Å². The van der Waals surface area contributed by atoms with E-state index in [1.54, 1.807) is 25.2 Å². The molecular formula is C13H21N3O3. The number of methoxy groups -OCH3 is 2. The molecule has 0 aliphatic rings. The molecule has 0 aliphatic carbocycles. The number of nitrogen functional groups attached to an aromatic ring is 1. The highest BCUT2D eigenvalue weighted by Gasteiger charge is 2.18. The first-order chi connectivity index (χ1) is 9.10. The topological polar surface area (TPSA) is 77.7 Å². The molecule has 1 aromatic heterocycles. The Bertz CT molecular complexity index is 416. The van der Waals surface area contributed by atoms with Gasteiger partial charge in [-0.15, -0.1) is 0 Å². The minimum Gasteiger partial charge on any atom is -0.398 e. The first-order valence-electron chi connectivity index (χ1n) is 6.09. The van der Waals surface area contributed by atoms with Gasteiger partial charge in [-0.25, -0.2) is 0 Å². The van der Waals surface area contributed by atoms with E-state index in [0.717, 1.165) is 5.69 Å². The monoisotopic (exact) mass is 267 g/mol. The van der Waals surface area contributed by atoms with Gasteiger partial charge in [-0.05, 0) is 13.0 Å². The summed E-state index contributed by atoms with van der Waals surface area (Å²) in [7, 11) is 3.20. The van der Waals surface area contributed by atoms with Crippen LogP contribution in [-0.4, -0.2) is 56.3 Å². The van der Waals surface area contributed by atoms with Gasteiger partial charge in [0.15, 0.2) is 0 Å². The average Bonchev–Trinajstić information content (AvgIpc) is 2.38. The molecule has 0 fully saturated rings. The molecule has 0 saturated heterocycles. The summed E-state index contributed by atoms with van der Waals surface area (Å²) < 4.78 is 10.0. The van der Waals surface area contributed by atoms with Crippen LogP contribution in [0.15, 0.2) is 12.3 Å². The van der Waals surface area contributed by atoms with Crippen LogP contribution in [0.4, 0.5) is 5.69 Å². The maximum atomic E-state index is 12.4. The number of aromatic nitrogens is 1. The first kappa shape index (κ1) is 15.4. The molecule has 19 heavy (non-hydrogen) atoms. The quantitative estimate of drug-likeness (QED) is 0.787. The molecule has 0 bridgehead atoms. The summed E-state index contributed by atoms with van der Waals surface area (Å²) in [5.41, 5.74) is 7.51. The molecule has 0 atom stereocenters. The molecule has 0 radical (unpaired) electrons. The van der Waals surface area contributed by atoms with Crippen LogP contribution in [0.2, 0.25) is 0 Å². The van der Waals surface area contributed by atoms with Crippen LogP contribution in [0.5, 0.6) is 0 Å². The lowest BCUT2D eigenvalue weighted by atomic mass is 10.2. The number of carbonyl (C=O) groups is 1. The molecule has 1 rings (SSSR count). The molecule has 0 saturated carbocycles. The lowest BCUT2D eigenvalue weighted by Crippen LogP contribution is -2.37. The van der Waals surface area contributed by atoms with Gasteiger partial charge >= 0.3 is 0 Å². The molecule has 1 aromatic rings. The van der Waals surface area contributed by atoms with Gasteiger partial charge in [-0.3, -0.25) is 9.78 Å². The highest BCUT2D eigenvalue weighted by Crippen LogP contribution is 2.14. The fourth-order valence-electron chi connectivity index (χ4n) is 1.65. The Morgan fingerprint density at radius 2 is 1.89 bits per heavy atom. The highest BCUT2D eigenvalue weighted by molar-refractivity contribution is 5.98. The van der Waals surface area contributed by atoms with Crippen LogP contribution in [0.1, 0.15) is 16.1 Å². The van der Waals surface area contributed by atoms with Crippen LogP contribution in [0.25, 0.3) is 0 Å². The van der Waals surface area contributed by atoms with Gasteiger partial charge in [0.05, 0.1) is 18.8 Å². The standard InChI is InChI=1S/C13H21N3O3/c1-10-8-12(14)11(9-15-10)13(17)16(4-6-18-2)5-7-19-3/h8-9H,4-7H2,1-3H3,(H2,14,15). The third-order valence-corrected chi connectivity index (χ3v) is 2.72. The molecule has 1 heterocycles. The minimum absolute atomic E-state index is 0.154. The predicted molar refractivity (Wildman–Crippen MR) is 73.0 cm³/mol. The number of amides is 1. The summed E-state index contributed by atoms with van der Waals surface area (Å²) in [4.78, 5) is 18.1. The Balaban J connectivity index is 2.84. The van der Waals surface area contributed by atoms with Crippen molar-refractivity contribution in [2.45, 2.75) is 6.92 Å². The van der Waals surface area contributed by atoms with Crippen molar-refractivity contribution >= 4 is 11.6 Å². The van der Waals surface area contributed by atoms with E-state index in [0.29, 0.717) is 37.6 Å². The fraction of sp³-hybridized carbons (Fsp3) is 0.538. The number of hydrogen-bond donors (Lipinski definition) is 1. The van der Waals surface area contributed by atoms with Crippen molar-refractivity contribution < 1.29 is 14.3 Å². The maximum Gasteiger partial charge on any atom is 0.257 e. The number of anilines is 1. The van der Waals surface area contributed by atoms with E-state index in [-0.39, 0.29) is 5.91 Å². The molecular weight excluding hydrogens is 246 g/mol. The molecule has 0 aromatic carbocycles. The Morgan fingerprint density at radius 1 is 1.32 bits per heavy atom. The zero-order valence-corrected chi connectivity index (χ0v) is 11.7. The van der Waals surface area contributed by atoms with Crippen molar-refractivity contribution in [1.82, 2.24) is 9.88 Å². The Kier molecular flexibility index (Phi) is 6.24. The third-order valence-electron chi connectivity index (χ3n) is 2.72. The summed E-state index contributed by atoms with van der Waals surface area (Å²) in [5, 5.41) is 0. The van der Waals surface area contributed by atoms with Crippen molar-refractivity contribution in [3.05, 3.63) is 23.5 Å². The number of hydrogen-bond acceptors (Lipinski definition) is 5. The number of ether oxygens (including phenoxy) is 2. The Labute approximate surface area is 113 Å². The molecule has 106 valence electrons. The second-order valence-electron chi connectivity index (χ2n) is 4.19. The second-order valence-corrected chi connectivity index (χ2v) is 4.19. The van der Waals surface area contributed by atoms with Gasteiger partial charge in [0.25, 0.3) is 5.91 Å². The first-order valence-corrected chi connectivity index (χ1v) is 6.09. The SMILES string of the molecule is COCCN(CCOC)C(=O)c1cnc(C)cc1N. The molecule has 0 aliphatic heterocycles. The molecule has 0 unspecified atom stereocenters. The Morgan fingerprint density at radius 3 is 2.37 bits per heavy atom. The van der Waals surface area contributed by atoms with E-state index in [4.69, 9.17) is 15.2 Å². The summed E-state index contributed by atoms with van der Waals surface area (Å²) in [6.07, 6.45) is 1.51. The van der Waals surface area contributed by atoms with Gasteiger partial charge in [0.2, 0.25) is 0 Å². The van der Waals surface area contributed by atoms with Crippen molar-refractivity contribution in [1.29, 1.82) is 0 Å². The zero-order valence-electron chi connectivity index (χ0n) is 11.7. The number of nitrogens with zero attached hydrogens (tertiary/aromatic N) is 2. The van der Waals surface area contributed by atoms with E-state index in [1.165, 1.54) is 6.20 Å². The maximum absolute atomic E-state index is 12.4. The van der Waals surface area contributed by atoms with Crippen molar-refractivity contribution in [2.24, 2.45) is 0 Å². The van der Waals surface area contributed by atoms with E-state index >= 15 is 0 Å². The highest BCUT2D eigenvalue weighted by atomic mass is 16.5. The molecule has 6 heteroatoms. The smallest absolute Gasteiger partial charge is 0.257 e. The normalized spacial score (nSPS) is 10.5.